The number of nitrogens with zero attached hydrogens (tertiary/aromatic N) is 4. The van der Waals surface area contributed by atoms with Crippen LogP contribution in [0, 0.1) is 0 Å². The number of hydrogen-bond acceptors (Lipinski definition) is 6. The van der Waals surface area contributed by atoms with Gasteiger partial charge in [-0.05, 0) is 20.8 Å². The minimum absolute atomic E-state index is 0.159. The van der Waals surface area contributed by atoms with Crippen molar-refractivity contribution in [2.24, 2.45) is 0 Å². The van der Waals surface area contributed by atoms with Gasteiger partial charge in [-0.25, -0.2) is 14.8 Å². The molecule has 7 nitrogen and oxygen atoms in total. The van der Waals surface area contributed by atoms with Crippen molar-refractivity contribution < 1.29 is 9.53 Å². The van der Waals surface area contributed by atoms with Gasteiger partial charge in [0, 0.05) is 6.07 Å². The Morgan fingerprint density at radius 1 is 1.41 bits per heavy atom. The minimum atomic E-state index is -0.565. The van der Waals surface area contributed by atoms with Crippen LogP contribution in [0.1, 0.15) is 31.3 Å². The molecule has 90 valence electrons. The second kappa shape index (κ2) is 3.69. The molecular formula is C10H13N5O2. The summed E-state index contributed by atoms with van der Waals surface area (Å²) in [5, 5.41) is 3.99. The maximum absolute atomic E-state index is 11.8. The zero-order chi connectivity index (χ0) is 12.6. The Morgan fingerprint density at radius 3 is 2.71 bits per heavy atom. The minimum Gasteiger partial charge on any atom is -0.455 e. The van der Waals surface area contributed by atoms with Gasteiger partial charge in [-0.2, -0.15) is 9.61 Å². The first-order valence-electron chi connectivity index (χ1n) is 5.06. The summed E-state index contributed by atoms with van der Waals surface area (Å²) in [4.78, 5) is 19.5. The van der Waals surface area contributed by atoms with E-state index in [0.29, 0.717) is 5.65 Å². The summed E-state index contributed by atoms with van der Waals surface area (Å²) < 4.78 is 6.48. The molecule has 2 rings (SSSR count). The molecule has 2 N–H and O–H groups in total. The highest BCUT2D eigenvalue weighted by atomic mass is 16.6. The average molecular weight is 235 g/mol. The maximum Gasteiger partial charge on any atom is 0.359 e. The highest BCUT2D eigenvalue weighted by molar-refractivity contribution is 5.88. The van der Waals surface area contributed by atoms with Crippen LogP contribution in [0.4, 0.5) is 5.95 Å². The molecule has 0 atom stereocenters. The lowest BCUT2D eigenvalue weighted by Gasteiger charge is -2.18. The van der Waals surface area contributed by atoms with E-state index >= 15 is 0 Å². The number of esters is 1. The Morgan fingerprint density at radius 2 is 2.12 bits per heavy atom. The van der Waals surface area contributed by atoms with Crippen molar-refractivity contribution in [2.75, 3.05) is 5.73 Å². The summed E-state index contributed by atoms with van der Waals surface area (Å²) in [5.41, 5.74) is 5.64. The summed E-state index contributed by atoms with van der Waals surface area (Å²) in [7, 11) is 0. The number of ether oxygens (including phenoxy) is 1. The molecule has 2 aromatic heterocycles. The smallest absolute Gasteiger partial charge is 0.359 e. The second-order valence-electron chi connectivity index (χ2n) is 4.53. The fraction of sp³-hybridized carbons (Fsp3) is 0.400. The Bertz CT molecular complexity index is 570. The lowest BCUT2D eigenvalue weighted by atomic mass is 10.2. The maximum atomic E-state index is 11.8. The molecule has 0 saturated heterocycles. The van der Waals surface area contributed by atoms with Crippen LogP contribution in [0.2, 0.25) is 0 Å². The molecule has 2 heterocycles. The molecule has 0 bridgehead atoms. The van der Waals surface area contributed by atoms with Gasteiger partial charge in [0.05, 0.1) is 0 Å². The number of carbonyl (C=O) groups excluding carboxylic acids is 1. The SMILES string of the molecule is CC(C)(C)OC(=O)c1cc2ncnc(N)n2n1. The third-order valence-corrected chi connectivity index (χ3v) is 1.90. The second-order valence-corrected chi connectivity index (χ2v) is 4.53. The van der Waals surface area contributed by atoms with Crippen LogP contribution < -0.4 is 5.73 Å². The summed E-state index contributed by atoms with van der Waals surface area (Å²) in [6.07, 6.45) is 1.31. The van der Waals surface area contributed by atoms with Crippen molar-refractivity contribution in [1.29, 1.82) is 0 Å². The van der Waals surface area contributed by atoms with Crippen LogP contribution >= 0.6 is 0 Å². The third kappa shape index (κ3) is 2.32. The standard InChI is InChI=1S/C10H13N5O2/c1-10(2,3)17-8(16)6-4-7-12-5-13-9(11)15(7)14-6/h4-5H,1-3H3,(H2,11,12,13). The first-order valence-corrected chi connectivity index (χ1v) is 5.06. The number of fused-ring (bicyclic) bond motifs is 1. The fourth-order valence-electron chi connectivity index (χ4n) is 1.26. The average Bonchev–Trinajstić information content (AvgIpc) is 2.60. The fourth-order valence-corrected chi connectivity index (χ4v) is 1.26. The molecule has 0 saturated carbocycles. The van der Waals surface area contributed by atoms with Gasteiger partial charge in [0.2, 0.25) is 5.95 Å². The number of aromatic nitrogens is 4. The first kappa shape index (κ1) is 11.3. The molecule has 0 amide bonds. The summed E-state index contributed by atoms with van der Waals surface area (Å²) in [6.45, 7) is 5.36. The van der Waals surface area contributed by atoms with Gasteiger partial charge in [-0.15, -0.1) is 0 Å². The zero-order valence-corrected chi connectivity index (χ0v) is 9.84. The molecule has 0 fully saturated rings. The molecule has 7 heteroatoms. The van der Waals surface area contributed by atoms with Crippen LogP contribution in [-0.4, -0.2) is 31.2 Å². The lowest BCUT2D eigenvalue weighted by Crippen LogP contribution is -2.24. The number of carbonyl (C=O) groups is 1. The lowest BCUT2D eigenvalue weighted by molar-refractivity contribution is 0.00626. The molecule has 0 aliphatic rings. The number of rotatable bonds is 1. The number of nitrogens with two attached hydrogens (primary N) is 1. The van der Waals surface area contributed by atoms with Gasteiger partial charge in [-0.1, -0.05) is 0 Å². The predicted molar refractivity (Wildman–Crippen MR) is 60.4 cm³/mol. The molecule has 17 heavy (non-hydrogen) atoms. The third-order valence-electron chi connectivity index (χ3n) is 1.90. The van der Waals surface area contributed by atoms with E-state index in [0.717, 1.165) is 0 Å². The molecule has 2 aromatic rings. The molecule has 0 spiro atoms. The van der Waals surface area contributed by atoms with Crippen molar-refractivity contribution in [3.05, 3.63) is 18.1 Å². The largest absolute Gasteiger partial charge is 0.455 e. The summed E-state index contributed by atoms with van der Waals surface area (Å²) in [5.74, 6) is -0.341. The Kier molecular flexibility index (Phi) is 2.45. The number of hydrogen-bond donors (Lipinski definition) is 1. The van der Waals surface area contributed by atoms with E-state index in [1.807, 2.05) is 0 Å². The molecule has 0 aromatic carbocycles. The van der Waals surface area contributed by atoms with E-state index < -0.39 is 11.6 Å². The van der Waals surface area contributed by atoms with Crippen molar-refractivity contribution in [3.63, 3.8) is 0 Å². The quantitative estimate of drug-likeness (QED) is 0.729. The Balaban J connectivity index is 2.37. The van der Waals surface area contributed by atoms with Crippen molar-refractivity contribution in [3.8, 4) is 0 Å². The molecule has 0 aliphatic heterocycles. The highest BCUT2D eigenvalue weighted by Crippen LogP contribution is 2.13. The van der Waals surface area contributed by atoms with Crippen LogP contribution in [0.25, 0.3) is 5.65 Å². The normalized spacial score (nSPS) is 11.7. The van der Waals surface area contributed by atoms with E-state index in [2.05, 4.69) is 15.1 Å². The van der Waals surface area contributed by atoms with Gasteiger partial charge in [-0.3, -0.25) is 0 Å². The number of anilines is 1. The Hall–Kier alpha value is -2.18. The molecule has 0 aliphatic carbocycles. The van der Waals surface area contributed by atoms with Crippen molar-refractivity contribution >= 4 is 17.6 Å². The summed E-state index contributed by atoms with van der Waals surface area (Å²) in [6, 6.07) is 1.51. The van der Waals surface area contributed by atoms with E-state index in [4.69, 9.17) is 10.5 Å². The van der Waals surface area contributed by atoms with Crippen molar-refractivity contribution in [1.82, 2.24) is 19.6 Å². The predicted octanol–water partition coefficient (Wildman–Crippen LogP) is 0.662. The van der Waals surface area contributed by atoms with Gasteiger partial charge >= 0.3 is 5.97 Å². The van der Waals surface area contributed by atoms with Crippen molar-refractivity contribution in [2.45, 2.75) is 26.4 Å². The summed E-state index contributed by atoms with van der Waals surface area (Å²) >= 11 is 0. The zero-order valence-electron chi connectivity index (χ0n) is 9.84. The topological polar surface area (TPSA) is 95.4 Å². The van der Waals surface area contributed by atoms with Crippen LogP contribution in [0.3, 0.4) is 0 Å². The van der Waals surface area contributed by atoms with Crippen LogP contribution in [-0.2, 0) is 4.74 Å². The molecular weight excluding hydrogens is 222 g/mol. The van der Waals surface area contributed by atoms with Gasteiger partial charge in [0.15, 0.2) is 11.3 Å². The highest BCUT2D eigenvalue weighted by Gasteiger charge is 2.21. The Labute approximate surface area is 97.6 Å². The monoisotopic (exact) mass is 235 g/mol. The van der Waals surface area contributed by atoms with E-state index in [1.54, 1.807) is 20.8 Å². The van der Waals surface area contributed by atoms with Gasteiger partial charge < -0.3 is 10.5 Å². The van der Waals surface area contributed by atoms with E-state index in [-0.39, 0.29) is 11.6 Å². The van der Waals surface area contributed by atoms with Crippen LogP contribution in [0.15, 0.2) is 12.4 Å². The molecule has 0 radical (unpaired) electrons. The molecule has 0 unspecified atom stereocenters. The van der Waals surface area contributed by atoms with Gasteiger partial charge in [0.1, 0.15) is 11.9 Å². The van der Waals surface area contributed by atoms with E-state index in [9.17, 15) is 4.79 Å². The van der Waals surface area contributed by atoms with E-state index in [1.165, 1.54) is 16.9 Å². The van der Waals surface area contributed by atoms with Gasteiger partial charge in [0.25, 0.3) is 0 Å². The number of nitrogen functional groups attached to an aromatic ring is 1. The first-order chi connectivity index (χ1) is 7.87. The van der Waals surface area contributed by atoms with Crippen LogP contribution in [0.5, 0.6) is 0 Å².